The second-order valence-electron chi connectivity index (χ2n) is 17.5. The Labute approximate surface area is 377 Å². The molecule has 2 unspecified atom stereocenters. The predicted molar refractivity (Wildman–Crippen MR) is 247 cm³/mol. The molecule has 13 heteroatoms. The van der Waals surface area contributed by atoms with Crippen LogP contribution in [0.5, 0.6) is 0 Å². The summed E-state index contributed by atoms with van der Waals surface area (Å²) >= 11 is 0. The smallest absolute Gasteiger partial charge is 0.306 e. The van der Waals surface area contributed by atoms with Crippen LogP contribution in [0.1, 0.15) is 219 Å². The lowest BCUT2D eigenvalue weighted by atomic mass is 10.00. The van der Waals surface area contributed by atoms with Crippen molar-refractivity contribution in [1.29, 1.82) is 0 Å². The summed E-state index contributed by atoms with van der Waals surface area (Å²) in [5.41, 5.74) is 0. The molecule has 0 aliphatic carbocycles. The molecule has 0 aromatic heterocycles. The van der Waals surface area contributed by atoms with Crippen molar-refractivity contribution in [2.24, 2.45) is 0 Å². The van der Waals surface area contributed by atoms with Crippen LogP contribution in [0, 0.1) is 0 Å². The molecule has 0 aromatic carbocycles. The van der Waals surface area contributed by atoms with E-state index in [9.17, 15) is 37.9 Å². The van der Waals surface area contributed by atoms with E-state index in [0.29, 0.717) is 12.8 Å². The van der Waals surface area contributed by atoms with E-state index < -0.39 is 71.2 Å². The van der Waals surface area contributed by atoms with Gasteiger partial charge < -0.3 is 34.3 Å². The van der Waals surface area contributed by atoms with Crippen molar-refractivity contribution >= 4 is 22.1 Å². The third-order valence-electron chi connectivity index (χ3n) is 11.6. The average molecular weight is 903 g/mol. The molecule has 0 amide bonds. The topological polar surface area (TPSA) is 186 Å². The normalized spacial score (nSPS) is 20.0. The highest BCUT2D eigenvalue weighted by molar-refractivity contribution is 7.85. The number of carbonyl (C=O) groups excluding carboxylic acids is 2. The van der Waals surface area contributed by atoms with Gasteiger partial charge in [-0.1, -0.05) is 192 Å². The van der Waals surface area contributed by atoms with Gasteiger partial charge in [-0.25, -0.2) is 0 Å². The molecule has 1 aliphatic rings. The van der Waals surface area contributed by atoms with Crippen molar-refractivity contribution in [3.63, 3.8) is 0 Å². The van der Waals surface area contributed by atoms with Gasteiger partial charge in [-0.05, 0) is 38.5 Å². The summed E-state index contributed by atoms with van der Waals surface area (Å²) in [6.45, 7) is 3.75. The monoisotopic (exact) mass is 903 g/mol. The van der Waals surface area contributed by atoms with Crippen molar-refractivity contribution in [2.75, 3.05) is 19.0 Å². The standard InChI is InChI=1S/C49H90O12S/c1-3-5-7-9-11-13-15-17-19-20-21-22-24-25-27-29-31-33-35-37-44(50)58-39-42(40-59-49-48(54)47(53)46(52)43(61-49)41-62(55,56)57)60-45(51)38-36-34-32-30-28-26-23-18-16-14-12-10-8-6-4-2/h14,16,18,23,42-43,46-49,52-54H,3-13,15,17,19-22,24-41H2,1-2H3,(H,55,56,57)/b16-14+,23-18+/t42-,43-,46-,47?,48?,49+/m1/s1. The van der Waals surface area contributed by atoms with Crippen LogP contribution >= 0.6 is 0 Å². The third kappa shape index (κ3) is 33.6. The van der Waals surface area contributed by atoms with Gasteiger partial charge in [0.25, 0.3) is 10.1 Å². The van der Waals surface area contributed by atoms with E-state index in [1.54, 1.807) is 0 Å². The number of unbranched alkanes of at least 4 members (excludes halogenated alkanes) is 27. The molecular weight excluding hydrogens is 813 g/mol. The Morgan fingerprint density at radius 1 is 0.548 bits per heavy atom. The van der Waals surface area contributed by atoms with E-state index in [4.69, 9.17) is 18.9 Å². The number of rotatable bonds is 42. The summed E-state index contributed by atoms with van der Waals surface area (Å²) < 4.78 is 54.2. The molecular formula is C49H90O12S. The van der Waals surface area contributed by atoms with Gasteiger partial charge in [0.1, 0.15) is 36.8 Å². The van der Waals surface area contributed by atoms with Crippen molar-refractivity contribution in [3.05, 3.63) is 24.3 Å². The SMILES string of the molecule is CCCCCC/C=C/C=C/CCCCCCCC(=O)O[C@H](COC(=O)CCCCCCCCCCCCCCCCCCCCC)CO[C@H]1O[C@H](CS(=O)(=O)O)[C@@H](O)C(O)C1O. The molecule has 4 N–H and O–H groups in total. The fraction of sp³-hybridized carbons (Fsp3) is 0.878. The first-order valence-corrected chi connectivity index (χ1v) is 26.5. The Balaban J connectivity index is 2.38. The lowest BCUT2D eigenvalue weighted by molar-refractivity contribution is -0.297. The molecule has 1 aliphatic heterocycles. The molecule has 1 saturated heterocycles. The minimum atomic E-state index is -4.60. The van der Waals surface area contributed by atoms with Crippen LogP contribution in [0.15, 0.2) is 24.3 Å². The summed E-state index contributed by atoms with van der Waals surface area (Å²) in [7, 11) is -4.60. The molecule has 6 atom stereocenters. The maximum Gasteiger partial charge on any atom is 0.306 e. The number of esters is 2. The van der Waals surface area contributed by atoms with Crippen LogP contribution in [0.3, 0.4) is 0 Å². The van der Waals surface area contributed by atoms with E-state index in [0.717, 1.165) is 57.8 Å². The number of aliphatic hydroxyl groups is 3. The molecule has 0 aromatic rings. The number of hydrogen-bond acceptors (Lipinski definition) is 11. The molecule has 1 rings (SSSR count). The van der Waals surface area contributed by atoms with Crippen LogP contribution in [0.2, 0.25) is 0 Å². The third-order valence-corrected chi connectivity index (χ3v) is 12.3. The van der Waals surface area contributed by atoms with Gasteiger partial charge >= 0.3 is 11.9 Å². The zero-order valence-electron chi connectivity index (χ0n) is 39.0. The molecule has 0 spiro atoms. The van der Waals surface area contributed by atoms with Gasteiger partial charge in [-0.2, -0.15) is 8.42 Å². The lowest BCUT2D eigenvalue weighted by Gasteiger charge is -2.40. The van der Waals surface area contributed by atoms with Crippen LogP contribution in [-0.4, -0.2) is 96.0 Å². The van der Waals surface area contributed by atoms with Crippen molar-refractivity contribution < 1.29 is 56.8 Å². The van der Waals surface area contributed by atoms with Crippen LogP contribution < -0.4 is 0 Å². The molecule has 1 heterocycles. The van der Waals surface area contributed by atoms with Gasteiger partial charge in [0.05, 0.1) is 6.61 Å². The van der Waals surface area contributed by atoms with Gasteiger partial charge in [-0.15, -0.1) is 0 Å². The van der Waals surface area contributed by atoms with Gasteiger partial charge in [0, 0.05) is 12.8 Å². The van der Waals surface area contributed by atoms with E-state index in [1.807, 2.05) is 0 Å². The minimum absolute atomic E-state index is 0.149. The largest absolute Gasteiger partial charge is 0.462 e. The molecule has 364 valence electrons. The molecule has 0 bridgehead atoms. The second-order valence-corrected chi connectivity index (χ2v) is 19.0. The fourth-order valence-corrected chi connectivity index (χ4v) is 8.36. The Kier molecular flexibility index (Phi) is 37.0. The minimum Gasteiger partial charge on any atom is -0.462 e. The zero-order chi connectivity index (χ0) is 45.5. The first-order valence-electron chi connectivity index (χ1n) is 24.9. The van der Waals surface area contributed by atoms with Crippen molar-refractivity contribution in [1.82, 2.24) is 0 Å². The highest BCUT2D eigenvalue weighted by Gasteiger charge is 2.46. The highest BCUT2D eigenvalue weighted by atomic mass is 32.2. The summed E-state index contributed by atoms with van der Waals surface area (Å²) in [5.74, 6) is -1.99. The summed E-state index contributed by atoms with van der Waals surface area (Å²) in [5, 5.41) is 30.9. The summed E-state index contributed by atoms with van der Waals surface area (Å²) in [6.07, 6.45) is 35.0. The van der Waals surface area contributed by atoms with Crippen molar-refractivity contribution in [2.45, 2.75) is 256 Å². The summed E-state index contributed by atoms with van der Waals surface area (Å²) in [4.78, 5) is 25.5. The predicted octanol–water partition coefficient (Wildman–Crippen LogP) is 10.8. The van der Waals surface area contributed by atoms with Gasteiger partial charge in [0.15, 0.2) is 12.4 Å². The van der Waals surface area contributed by atoms with E-state index in [-0.39, 0.29) is 19.4 Å². The van der Waals surface area contributed by atoms with Crippen LogP contribution in [-0.2, 0) is 38.7 Å². The van der Waals surface area contributed by atoms with E-state index >= 15 is 0 Å². The zero-order valence-corrected chi connectivity index (χ0v) is 39.8. The average Bonchev–Trinajstić information content (AvgIpc) is 3.24. The quantitative estimate of drug-likeness (QED) is 0.0197. The molecule has 0 radical (unpaired) electrons. The first-order chi connectivity index (χ1) is 30.0. The maximum atomic E-state index is 12.8. The number of hydrogen-bond donors (Lipinski definition) is 4. The molecule has 12 nitrogen and oxygen atoms in total. The number of allylic oxidation sites excluding steroid dienone is 4. The molecule has 0 saturated carbocycles. The molecule has 1 fully saturated rings. The Morgan fingerprint density at radius 3 is 1.40 bits per heavy atom. The van der Waals surface area contributed by atoms with E-state index in [1.165, 1.54) is 122 Å². The Morgan fingerprint density at radius 2 is 0.952 bits per heavy atom. The summed E-state index contributed by atoms with van der Waals surface area (Å²) in [6, 6.07) is 0. The Hall–Kier alpha value is -1.87. The van der Waals surface area contributed by atoms with Crippen LogP contribution in [0.4, 0.5) is 0 Å². The highest BCUT2D eigenvalue weighted by Crippen LogP contribution is 2.24. The lowest BCUT2D eigenvalue weighted by Crippen LogP contribution is -2.60. The fourth-order valence-electron chi connectivity index (χ4n) is 7.67. The van der Waals surface area contributed by atoms with Crippen molar-refractivity contribution in [3.8, 4) is 0 Å². The van der Waals surface area contributed by atoms with E-state index in [2.05, 4.69) is 38.2 Å². The number of carbonyl (C=O) groups is 2. The van der Waals surface area contributed by atoms with Crippen LogP contribution in [0.25, 0.3) is 0 Å². The van der Waals surface area contributed by atoms with Gasteiger partial charge in [-0.3, -0.25) is 14.1 Å². The number of ether oxygens (including phenoxy) is 4. The van der Waals surface area contributed by atoms with Gasteiger partial charge in [0.2, 0.25) is 0 Å². The Bertz CT molecular complexity index is 1240. The second kappa shape index (κ2) is 39.5. The molecule has 62 heavy (non-hydrogen) atoms. The maximum absolute atomic E-state index is 12.8. The number of aliphatic hydroxyl groups excluding tert-OH is 3. The first kappa shape index (κ1) is 58.1.